The highest BCUT2D eigenvalue weighted by Crippen LogP contribution is 1.93. The first-order valence-electron chi connectivity index (χ1n) is 11.3. The van der Waals surface area contributed by atoms with Gasteiger partial charge in [-0.15, -0.1) is 0 Å². The second kappa shape index (κ2) is 38.3. The van der Waals surface area contributed by atoms with Gasteiger partial charge < -0.3 is 33.9 Å². The fourth-order valence-electron chi connectivity index (χ4n) is 1.74. The maximum atomic E-state index is 8.09. The Balaban J connectivity index is -0.000000370. The lowest BCUT2D eigenvalue weighted by atomic mass is 10.3. The van der Waals surface area contributed by atoms with Crippen LogP contribution in [0.1, 0.15) is 65.7 Å². The summed E-state index contributed by atoms with van der Waals surface area (Å²) < 4.78 is 25.4. The number of ether oxygens (including phenoxy) is 5. The molecule has 0 aromatic heterocycles. The van der Waals surface area contributed by atoms with Crippen molar-refractivity contribution in [2.45, 2.75) is 65.7 Å². The van der Waals surface area contributed by atoms with Crippen molar-refractivity contribution in [1.82, 2.24) is 0 Å². The van der Waals surface area contributed by atoms with Crippen LogP contribution in [0.4, 0.5) is 0 Å². The molecule has 7 heteroatoms. The molecule has 29 heavy (non-hydrogen) atoms. The number of aliphatic hydroxyl groups is 2. The molecule has 0 radical (unpaired) electrons. The van der Waals surface area contributed by atoms with Gasteiger partial charge in [-0.2, -0.15) is 0 Å². The molecule has 0 bridgehead atoms. The molecule has 0 saturated carbocycles. The third-order valence-electron chi connectivity index (χ3n) is 3.45. The van der Waals surface area contributed by atoms with E-state index in [1.807, 2.05) is 0 Å². The van der Waals surface area contributed by atoms with Crippen molar-refractivity contribution in [2.24, 2.45) is 0 Å². The molecule has 7 nitrogen and oxygen atoms in total. The summed E-state index contributed by atoms with van der Waals surface area (Å²) in [5.41, 5.74) is 0. The highest BCUT2D eigenvalue weighted by atomic mass is 16.5. The molecule has 0 aliphatic heterocycles. The first-order valence-corrected chi connectivity index (χ1v) is 11.3. The van der Waals surface area contributed by atoms with E-state index >= 15 is 0 Å². The van der Waals surface area contributed by atoms with Gasteiger partial charge in [0.2, 0.25) is 0 Å². The number of methoxy groups -OCH3 is 1. The Morgan fingerprint density at radius 2 is 0.828 bits per heavy atom. The van der Waals surface area contributed by atoms with E-state index in [2.05, 4.69) is 25.5 Å². The molecule has 0 aliphatic carbocycles. The molecule has 0 fully saturated rings. The molecule has 0 aromatic rings. The Kier molecular flexibility index (Phi) is 44.1. The van der Waals surface area contributed by atoms with Gasteiger partial charge in [-0.25, -0.2) is 0 Å². The zero-order chi connectivity index (χ0) is 22.3. The van der Waals surface area contributed by atoms with E-state index in [4.69, 9.17) is 29.2 Å². The molecule has 0 rings (SSSR count). The highest BCUT2D eigenvalue weighted by molar-refractivity contribution is 4.37. The zero-order valence-corrected chi connectivity index (χ0v) is 19.7. The van der Waals surface area contributed by atoms with E-state index in [-0.39, 0.29) is 13.2 Å². The number of rotatable bonds is 20. The summed E-state index contributed by atoms with van der Waals surface area (Å²) in [6.45, 7) is 12.7. The molecule has 0 spiro atoms. The Morgan fingerprint density at radius 3 is 1.28 bits per heavy atom. The monoisotopic (exact) mass is 426 g/mol. The van der Waals surface area contributed by atoms with Crippen LogP contribution in [0, 0.1) is 0 Å². The Hall–Kier alpha value is -0.280. The normalized spacial score (nSPS) is 10.1. The standard InChI is InChI=1S/C10H22O3.C8H18O.C4H10O3/c1-3-4-5-6-12-9-10-13-8-7-11-2;1-3-5-7-9-8-6-4-2;5-1-3-7-4-2-6/h3-10H2,1-2H3;3-8H2,1-2H3;5-6H,1-4H2. The van der Waals surface area contributed by atoms with E-state index in [9.17, 15) is 0 Å². The van der Waals surface area contributed by atoms with Gasteiger partial charge in [0.05, 0.1) is 52.9 Å². The average Bonchev–Trinajstić information content (AvgIpc) is 2.74. The minimum atomic E-state index is 0.0278. The lowest BCUT2D eigenvalue weighted by Gasteiger charge is -2.04. The first kappa shape index (κ1) is 33.4. The van der Waals surface area contributed by atoms with Gasteiger partial charge in [0, 0.05) is 26.9 Å². The number of hydrogen-bond acceptors (Lipinski definition) is 7. The molecule has 0 unspecified atom stereocenters. The van der Waals surface area contributed by atoms with Crippen molar-refractivity contribution >= 4 is 0 Å². The van der Waals surface area contributed by atoms with Crippen LogP contribution in [0.15, 0.2) is 0 Å². The van der Waals surface area contributed by atoms with Gasteiger partial charge in [0.1, 0.15) is 0 Å². The summed E-state index contributed by atoms with van der Waals surface area (Å²) in [7, 11) is 1.67. The largest absolute Gasteiger partial charge is 0.394 e. The molecule has 0 aliphatic rings. The molecule has 2 N–H and O–H groups in total. The predicted molar refractivity (Wildman–Crippen MR) is 119 cm³/mol. The zero-order valence-electron chi connectivity index (χ0n) is 19.7. The molecule has 0 heterocycles. The van der Waals surface area contributed by atoms with Crippen LogP contribution in [0.2, 0.25) is 0 Å². The van der Waals surface area contributed by atoms with Crippen molar-refractivity contribution in [3.8, 4) is 0 Å². The Labute approximate surface area is 180 Å². The second-order valence-electron chi connectivity index (χ2n) is 6.30. The minimum absolute atomic E-state index is 0.0278. The SMILES string of the molecule is CCCCCOCCOCCOC.CCCCOCCCC.OCCOCCO. The lowest BCUT2D eigenvalue weighted by molar-refractivity contribution is 0.0240. The predicted octanol–water partition coefficient (Wildman–Crippen LogP) is 3.45. The molecule has 0 saturated heterocycles. The maximum Gasteiger partial charge on any atom is 0.0701 e. The van der Waals surface area contributed by atoms with Crippen molar-refractivity contribution in [2.75, 3.05) is 79.8 Å². The van der Waals surface area contributed by atoms with Crippen molar-refractivity contribution in [3.63, 3.8) is 0 Å². The van der Waals surface area contributed by atoms with Crippen LogP contribution in [0.3, 0.4) is 0 Å². The van der Waals surface area contributed by atoms with Gasteiger partial charge >= 0.3 is 0 Å². The smallest absolute Gasteiger partial charge is 0.0701 e. The van der Waals surface area contributed by atoms with E-state index in [0.29, 0.717) is 39.6 Å². The van der Waals surface area contributed by atoms with Gasteiger partial charge in [0.25, 0.3) is 0 Å². The molecular weight excluding hydrogens is 376 g/mol. The summed E-state index contributed by atoms with van der Waals surface area (Å²) >= 11 is 0. The van der Waals surface area contributed by atoms with Crippen LogP contribution in [0.5, 0.6) is 0 Å². The Morgan fingerprint density at radius 1 is 0.448 bits per heavy atom. The van der Waals surface area contributed by atoms with Gasteiger partial charge in [0.15, 0.2) is 0 Å². The van der Waals surface area contributed by atoms with E-state index < -0.39 is 0 Å². The quantitative estimate of drug-likeness (QED) is 0.288. The van der Waals surface area contributed by atoms with E-state index in [1.54, 1.807) is 7.11 Å². The van der Waals surface area contributed by atoms with Crippen LogP contribution in [-0.4, -0.2) is 90.0 Å². The van der Waals surface area contributed by atoms with Crippen molar-refractivity contribution in [1.29, 1.82) is 0 Å². The molecule has 180 valence electrons. The third-order valence-corrected chi connectivity index (χ3v) is 3.45. The highest BCUT2D eigenvalue weighted by Gasteiger charge is 1.90. The molecule has 0 aromatic carbocycles. The summed E-state index contributed by atoms with van der Waals surface area (Å²) in [4.78, 5) is 0. The van der Waals surface area contributed by atoms with Crippen LogP contribution in [0.25, 0.3) is 0 Å². The summed E-state index contributed by atoms with van der Waals surface area (Å²) in [6, 6.07) is 0. The summed E-state index contributed by atoms with van der Waals surface area (Å²) in [6.07, 6.45) is 8.57. The number of hydrogen-bond donors (Lipinski definition) is 2. The van der Waals surface area contributed by atoms with Gasteiger partial charge in [-0.3, -0.25) is 0 Å². The fraction of sp³-hybridized carbons (Fsp3) is 1.00. The molecule has 0 atom stereocenters. The maximum absolute atomic E-state index is 8.09. The minimum Gasteiger partial charge on any atom is -0.394 e. The molecule has 0 amide bonds. The fourth-order valence-corrected chi connectivity index (χ4v) is 1.74. The lowest BCUT2D eigenvalue weighted by Crippen LogP contribution is -2.08. The van der Waals surface area contributed by atoms with E-state index in [0.717, 1.165) is 26.2 Å². The van der Waals surface area contributed by atoms with Crippen LogP contribution < -0.4 is 0 Å². The summed E-state index contributed by atoms with van der Waals surface area (Å²) in [5, 5.41) is 16.2. The topological polar surface area (TPSA) is 86.6 Å². The van der Waals surface area contributed by atoms with Crippen molar-refractivity contribution < 1.29 is 33.9 Å². The Bertz CT molecular complexity index is 211. The molecular formula is C22H50O7. The second-order valence-corrected chi connectivity index (χ2v) is 6.30. The van der Waals surface area contributed by atoms with Crippen molar-refractivity contribution in [3.05, 3.63) is 0 Å². The number of unbranched alkanes of at least 4 members (excludes halogenated alkanes) is 4. The summed E-state index contributed by atoms with van der Waals surface area (Å²) in [5.74, 6) is 0. The van der Waals surface area contributed by atoms with Crippen LogP contribution >= 0.6 is 0 Å². The van der Waals surface area contributed by atoms with Crippen LogP contribution in [-0.2, 0) is 23.7 Å². The van der Waals surface area contributed by atoms with Gasteiger partial charge in [-0.05, 0) is 19.3 Å². The average molecular weight is 427 g/mol. The third kappa shape index (κ3) is 47.2. The van der Waals surface area contributed by atoms with E-state index in [1.165, 1.54) is 38.5 Å². The number of aliphatic hydroxyl groups excluding tert-OH is 2. The van der Waals surface area contributed by atoms with Gasteiger partial charge in [-0.1, -0.05) is 46.5 Å². The first-order chi connectivity index (χ1) is 14.2.